The standard InChI is InChI=1S/C22H23NO4/c1-22(2,3)27-21(25)23-13-12-20(24)26-14-19-17-10-6-4-8-15(17)16-9-5-7-11-18(16)19/h4-13,19H,14H2,1-3H3,(H,23,25). The first-order valence-electron chi connectivity index (χ1n) is 8.86. The van der Waals surface area contributed by atoms with Gasteiger partial charge in [0.15, 0.2) is 0 Å². The van der Waals surface area contributed by atoms with Crippen molar-refractivity contribution in [1.82, 2.24) is 5.32 Å². The van der Waals surface area contributed by atoms with Gasteiger partial charge in [-0.3, -0.25) is 5.32 Å². The molecule has 27 heavy (non-hydrogen) atoms. The summed E-state index contributed by atoms with van der Waals surface area (Å²) in [4.78, 5) is 23.5. The maximum Gasteiger partial charge on any atom is 0.411 e. The number of carbonyl (C=O) groups excluding carboxylic acids is 2. The van der Waals surface area contributed by atoms with Crippen molar-refractivity contribution in [3.05, 3.63) is 71.9 Å². The van der Waals surface area contributed by atoms with Crippen molar-refractivity contribution in [3.63, 3.8) is 0 Å². The minimum atomic E-state index is -0.620. The predicted octanol–water partition coefficient (Wildman–Crippen LogP) is 4.38. The van der Waals surface area contributed by atoms with Gasteiger partial charge < -0.3 is 9.47 Å². The van der Waals surface area contributed by atoms with E-state index in [0.29, 0.717) is 0 Å². The Morgan fingerprint density at radius 2 is 1.56 bits per heavy atom. The molecule has 1 N–H and O–H groups in total. The molecule has 5 heteroatoms. The van der Waals surface area contributed by atoms with Crippen LogP contribution in [0.25, 0.3) is 11.1 Å². The molecule has 0 spiro atoms. The van der Waals surface area contributed by atoms with E-state index < -0.39 is 17.7 Å². The number of esters is 1. The van der Waals surface area contributed by atoms with Crippen LogP contribution in [0.2, 0.25) is 0 Å². The van der Waals surface area contributed by atoms with E-state index >= 15 is 0 Å². The van der Waals surface area contributed by atoms with E-state index in [1.54, 1.807) is 20.8 Å². The van der Waals surface area contributed by atoms with Crippen LogP contribution in [0.4, 0.5) is 4.79 Å². The van der Waals surface area contributed by atoms with E-state index in [2.05, 4.69) is 29.6 Å². The highest BCUT2D eigenvalue weighted by atomic mass is 16.6. The summed E-state index contributed by atoms with van der Waals surface area (Å²) in [7, 11) is 0. The van der Waals surface area contributed by atoms with Crippen LogP contribution in [-0.4, -0.2) is 24.3 Å². The van der Waals surface area contributed by atoms with Crippen molar-refractivity contribution < 1.29 is 19.1 Å². The largest absolute Gasteiger partial charge is 0.461 e. The molecule has 3 rings (SSSR count). The van der Waals surface area contributed by atoms with E-state index in [-0.39, 0.29) is 12.5 Å². The first-order valence-corrected chi connectivity index (χ1v) is 8.86. The lowest BCUT2D eigenvalue weighted by atomic mass is 9.98. The molecule has 0 radical (unpaired) electrons. The van der Waals surface area contributed by atoms with Crippen LogP contribution >= 0.6 is 0 Å². The Balaban J connectivity index is 1.60. The number of ether oxygens (including phenoxy) is 2. The third-order valence-electron chi connectivity index (χ3n) is 4.17. The number of benzene rings is 2. The summed E-state index contributed by atoms with van der Waals surface area (Å²) in [5, 5.41) is 2.39. The summed E-state index contributed by atoms with van der Waals surface area (Å²) in [5.74, 6) is -0.513. The van der Waals surface area contributed by atoms with Crippen molar-refractivity contribution in [2.45, 2.75) is 32.3 Å². The van der Waals surface area contributed by atoms with Gasteiger partial charge in [-0.1, -0.05) is 48.5 Å². The van der Waals surface area contributed by atoms with Crippen LogP contribution < -0.4 is 5.32 Å². The molecule has 0 bridgehead atoms. The summed E-state index contributed by atoms with van der Waals surface area (Å²) >= 11 is 0. The van der Waals surface area contributed by atoms with Crippen LogP contribution in [0, 0.1) is 0 Å². The molecule has 2 aromatic rings. The Kier molecular flexibility index (Phi) is 5.31. The van der Waals surface area contributed by atoms with Gasteiger partial charge >= 0.3 is 12.1 Å². The summed E-state index contributed by atoms with van der Waals surface area (Å²) in [5.41, 5.74) is 4.07. The average molecular weight is 365 g/mol. The monoisotopic (exact) mass is 365 g/mol. The number of carbonyl (C=O) groups is 2. The fourth-order valence-corrected chi connectivity index (χ4v) is 3.14. The van der Waals surface area contributed by atoms with Crippen molar-refractivity contribution >= 4 is 12.1 Å². The Hall–Kier alpha value is -3.08. The number of amides is 1. The predicted molar refractivity (Wildman–Crippen MR) is 103 cm³/mol. The van der Waals surface area contributed by atoms with E-state index in [1.165, 1.54) is 23.4 Å². The van der Waals surface area contributed by atoms with Crippen LogP contribution in [0.3, 0.4) is 0 Å². The van der Waals surface area contributed by atoms with Crippen LogP contribution in [0.15, 0.2) is 60.8 Å². The van der Waals surface area contributed by atoms with E-state index in [1.807, 2.05) is 24.3 Å². The SMILES string of the molecule is CC(C)(C)OC(=O)NC=CC(=O)OCC1c2ccccc2-c2ccccc21. The second-order valence-corrected chi connectivity index (χ2v) is 7.34. The lowest BCUT2D eigenvalue weighted by molar-refractivity contribution is -0.138. The van der Waals surface area contributed by atoms with Gasteiger partial charge in [-0.05, 0) is 43.0 Å². The minimum absolute atomic E-state index is 0.00793. The van der Waals surface area contributed by atoms with Gasteiger partial charge in [-0.25, -0.2) is 9.59 Å². The molecule has 0 atom stereocenters. The van der Waals surface area contributed by atoms with Gasteiger partial charge in [0.05, 0.1) is 0 Å². The fourth-order valence-electron chi connectivity index (χ4n) is 3.14. The van der Waals surface area contributed by atoms with Gasteiger partial charge in [-0.2, -0.15) is 0 Å². The van der Waals surface area contributed by atoms with Crippen molar-refractivity contribution in [2.75, 3.05) is 6.61 Å². The smallest absolute Gasteiger partial charge is 0.411 e. The highest BCUT2D eigenvalue weighted by Crippen LogP contribution is 2.44. The lowest BCUT2D eigenvalue weighted by Crippen LogP contribution is -2.29. The van der Waals surface area contributed by atoms with Crippen LogP contribution in [0.5, 0.6) is 0 Å². The quantitative estimate of drug-likeness (QED) is 0.645. The summed E-state index contributed by atoms with van der Waals surface area (Å²) in [6, 6.07) is 16.3. The van der Waals surface area contributed by atoms with Crippen molar-refractivity contribution in [1.29, 1.82) is 0 Å². The van der Waals surface area contributed by atoms with Crippen LogP contribution in [0.1, 0.15) is 37.8 Å². The zero-order chi connectivity index (χ0) is 19.4. The van der Waals surface area contributed by atoms with Gasteiger partial charge in [0, 0.05) is 18.2 Å². The third kappa shape index (κ3) is 4.56. The maximum absolute atomic E-state index is 12.0. The molecule has 2 aromatic carbocycles. The molecule has 0 unspecified atom stereocenters. The molecule has 0 aromatic heterocycles. The Morgan fingerprint density at radius 1 is 1.00 bits per heavy atom. The molecule has 1 amide bonds. The molecule has 1 aliphatic rings. The highest BCUT2D eigenvalue weighted by molar-refractivity contribution is 5.83. The Labute approximate surface area is 159 Å². The molecule has 0 saturated carbocycles. The number of fused-ring (bicyclic) bond motifs is 3. The molecule has 1 aliphatic carbocycles. The first kappa shape index (κ1) is 18.7. The zero-order valence-corrected chi connectivity index (χ0v) is 15.7. The Bertz CT molecular complexity index is 834. The van der Waals surface area contributed by atoms with E-state index in [4.69, 9.17) is 9.47 Å². The number of hydrogen-bond donors (Lipinski definition) is 1. The third-order valence-corrected chi connectivity index (χ3v) is 4.17. The number of nitrogens with one attached hydrogen (secondary N) is 1. The van der Waals surface area contributed by atoms with E-state index in [0.717, 1.165) is 11.1 Å². The minimum Gasteiger partial charge on any atom is -0.461 e. The maximum atomic E-state index is 12.0. The molecule has 0 fully saturated rings. The summed E-state index contributed by atoms with van der Waals surface area (Å²) < 4.78 is 10.5. The van der Waals surface area contributed by atoms with E-state index in [9.17, 15) is 9.59 Å². The Morgan fingerprint density at radius 3 is 2.11 bits per heavy atom. The van der Waals surface area contributed by atoms with Crippen molar-refractivity contribution in [3.8, 4) is 11.1 Å². The molecule has 0 saturated heterocycles. The normalized spacial score (nSPS) is 13.1. The topological polar surface area (TPSA) is 64.6 Å². The van der Waals surface area contributed by atoms with Gasteiger partial charge in [0.25, 0.3) is 0 Å². The van der Waals surface area contributed by atoms with Crippen molar-refractivity contribution in [2.24, 2.45) is 0 Å². The van der Waals surface area contributed by atoms with Gasteiger partial charge in [-0.15, -0.1) is 0 Å². The fraction of sp³-hybridized carbons (Fsp3) is 0.273. The molecular formula is C22H23NO4. The zero-order valence-electron chi connectivity index (χ0n) is 15.7. The van der Waals surface area contributed by atoms with Crippen LogP contribution in [-0.2, 0) is 14.3 Å². The number of rotatable bonds is 4. The molecule has 140 valence electrons. The molecule has 0 heterocycles. The first-order chi connectivity index (χ1) is 12.8. The molecule has 5 nitrogen and oxygen atoms in total. The highest BCUT2D eigenvalue weighted by Gasteiger charge is 2.28. The van der Waals surface area contributed by atoms with Gasteiger partial charge in [0.1, 0.15) is 12.2 Å². The number of alkyl carbamates (subject to hydrolysis) is 1. The lowest BCUT2D eigenvalue weighted by Gasteiger charge is -2.18. The second-order valence-electron chi connectivity index (χ2n) is 7.34. The molecular weight excluding hydrogens is 342 g/mol. The second kappa shape index (κ2) is 7.66. The molecule has 0 aliphatic heterocycles. The summed E-state index contributed by atoms with van der Waals surface area (Å²) in [6.45, 7) is 5.54. The number of hydrogen-bond acceptors (Lipinski definition) is 4. The summed E-state index contributed by atoms with van der Waals surface area (Å²) in [6.07, 6.45) is 1.79. The average Bonchev–Trinajstić information content (AvgIpc) is 2.92. The van der Waals surface area contributed by atoms with Gasteiger partial charge in [0.2, 0.25) is 0 Å².